The fraction of sp³-hybridized carbons (Fsp3) is 0.727. The first-order chi connectivity index (χ1) is 7.60. The molecule has 1 heterocycles. The number of rotatable bonds is 6. The van der Waals surface area contributed by atoms with Crippen molar-refractivity contribution in [2.45, 2.75) is 45.6 Å². The van der Waals surface area contributed by atoms with Gasteiger partial charge in [-0.25, -0.2) is 4.79 Å². The Morgan fingerprint density at radius 1 is 1.31 bits per heavy atom. The number of carbonyl (C=O) groups is 3. The van der Waals surface area contributed by atoms with E-state index in [1.165, 1.54) is 0 Å². The quantitative estimate of drug-likeness (QED) is 0.689. The van der Waals surface area contributed by atoms with E-state index in [2.05, 4.69) is 5.32 Å². The van der Waals surface area contributed by atoms with Gasteiger partial charge in [-0.3, -0.25) is 14.5 Å². The van der Waals surface area contributed by atoms with Gasteiger partial charge >= 0.3 is 6.03 Å². The monoisotopic (exact) mass is 226 g/mol. The summed E-state index contributed by atoms with van der Waals surface area (Å²) in [6.07, 6.45) is 2.60. The van der Waals surface area contributed by atoms with Gasteiger partial charge < -0.3 is 5.32 Å². The van der Waals surface area contributed by atoms with Crippen molar-refractivity contribution in [3.05, 3.63) is 0 Å². The first-order valence-electron chi connectivity index (χ1n) is 5.73. The number of ketones is 1. The lowest BCUT2D eigenvalue weighted by molar-refractivity contribution is -0.131. The van der Waals surface area contributed by atoms with Crippen LogP contribution in [0.15, 0.2) is 0 Å². The zero-order chi connectivity index (χ0) is 12.1. The number of carbonyl (C=O) groups excluding carboxylic acids is 3. The van der Waals surface area contributed by atoms with E-state index in [1.54, 1.807) is 0 Å². The molecule has 90 valence electrons. The van der Waals surface area contributed by atoms with Crippen molar-refractivity contribution in [1.82, 2.24) is 10.2 Å². The van der Waals surface area contributed by atoms with Gasteiger partial charge in [0, 0.05) is 6.42 Å². The summed E-state index contributed by atoms with van der Waals surface area (Å²) in [7, 11) is 0. The van der Waals surface area contributed by atoms with Crippen LogP contribution >= 0.6 is 0 Å². The highest BCUT2D eigenvalue weighted by molar-refractivity contribution is 6.06. The third kappa shape index (κ3) is 2.81. The second kappa shape index (κ2) is 5.63. The number of imide groups is 1. The summed E-state index contributed by atoms with van der Waals surface area (Å²) in [4.78, 5) is 35.6. The minimum atomic E-state index is -0.438. The number of Topliss-reactive ketones (excluding diaryl/α,β-unsaturated/α-hetero) is 1. The summed E-state index contributed by atoms with van der Waals surface area (Å²) in [5.41, 5.74) is 0. The molecule has 0 bridgehead atoms. The Hall–Kier alpha value is -1.39. The first-order valence-corrected chi connectivity index (χ1v) is 5.73. The van der Waals surface area contributed by atoms with Gasteiger partial charge in [-0.15, -0.1) is 0 Å². The Bertz CT molecular complexity index is 302. The van der Waals surface area contributed by atoms with Gasteiger partial charge in [0.25, 0.3) is 5.91 Å². The van der Waals surface area contributed by atoms with Crippen LogP contribution in [-0.2, 0) is 9.59 Å². The standard InChI is InChI=1S/C11H18N2O3/c1-3-5-8(14)7-13-10(15)9(6-4-2)12-11(13)16/h9H,3-7H2,1-2H3,(H,12,16). The lowest BCUT2D eigenvalue weighted by Gasteiger charge is -2.11. The molecule has 3 amide bonds. The maximum absolute atomic E-state index is 11.7. The van der Waals surface area contributed by atoms with E-state index in [9.17, 15) is 14.4 Å². The van der Waals surface area contributed by atoms with Crippen LogP contribution in [0.2, 0.25) is 0 Å². The van der Waals surface area contributed by atoms with E-state index < -0.39 is 12.1 Å². The van der Waals surface area contributed by atoms with E-state index in [4.69, 9.17) is 0 Å². The van der Waals surface area contributed by atoms with Crippen LogP contribution in [0.1, 0.15) is 39.5 Å². The van der Waals surface area contributed by atoms with Crippen LogP contribution in [0.4, 0.5) is 4.79 Å². The summed E-state index contributed by atoms with van der Waals surface area (Å²) < 4.78 is 0. The topological polar surface area (TPSA) is 66.5 Å². The molecule has 1 atom stereocenters. The fourth-order valence-corrected chi connectivity index (χ4v) is 1.75. The van der Waals surface area contributed by atoms with Gasteiger partial charge in [0.1, 0.15) is 6.04 Å². The second-order valence-corrected chi connectivity index (χ2v) is 4.00. The number of nitrogens with zero attached hydrogens (tertiary/aromatic N) is 1. The summed E-state index contributed by atoms with van der Waals surface area (Å²) in [6, 6.07) is -0.875. The lowest BCUT2D eigenvalue weighted by atomic mass is 10.1. The minimum absolute atomic E-state index is 0.0665. The van der Waals surface area contributed by atoms with Gasteiger partial charge in [0.05, 0.1) is 6.54 Å². The van der Waals surface area contributed by atoms with Crippen molar-refractivity contribution in [2.24, 2.45) is 0 Å². The van der Waals surface area contributed by atoms with Crippen molar-refractivity contribution >= 4 is 17.7 Å². The Labute approximate surface area is 95.2 Å². The minimum Gasteiger partial charge on any atom is -0.326 e. The highest BCUT2D eigenvalue weighted by Crippen LogP contribution is 2.11. The molecule has 0 aromatic rings. The maximum Gasteiger partial charge on any atom is 0.325 e. The predicted octanol–water partition coefficient (Wildman–Crippen LogP) is 1.08. The molecule has 0 saturated carbocycles. The molecule has 1 N–H and O–H groups in total. The van der Waals surface area contributed by atoms with E-state index in [1.807, 2.05) is 13.8 Å². The van der Waals surface area contributed by atoms with Crippen LogP contribution in [0.25, 0.3) is 0 Å². The van der Waals surface area contributed by atoms with E-state index in [-0.39, 0.29) is 18.2 Å². The molecule has 1 fully saturated rings. The Morgan fingerprint density at radius 3 is 2.56 bits per heavy atom. The third-order valence-electron chi connectivity index (χ3n) is 2.55. The molecule has 0 spiro atoms. The number of urea groups is 1. The molecule has 1 aliphatic rings. The molecular weight excluding hydrogens is 208 g/mol. The molecule has 0 aliphatic carbocycles. The highest BCUT2D eigenvalue weighted by atomic mass is 16.2. The van der Waals surface area contributed by atoms with Crippen LogP contribution < -0.4 is 5.32 Å². The fourth-order valence-electron chi connectivity index (χ4n) is 1.75. The Balaban J connectivity index is 2.57. The van der Waals surface area contributed by atoms with Crippen LogP contribution in [0, 0.1) is 0 Å². The van der Waals surface area contributed by atoms with E-state index in [0.717, 1.165) is 17.7 Å². The summed E-state index contributed by atoms with van der Waals surface area (Å²) in [6.45, 7) is 3.76. The van der Waals surface area contributed by atoms with Crippen molar-refractivity contribution in [1.29, 1.82) is 0 Å². The molecular formula is C11H18N2O3. The second-order valence-electron chi connectivity index (χ2n) is 4.00. The largest absolute Gasteiger partial charge is 0.326 e. The van der Waals surface area contributed by atoms with Crippen LogP contribution in [-0.4, -0.2) is 35.2 Å². The SMILES string of the molecule is CCCC(=O)CN1C(=O)NC(CCC)C1=O. The van der Waals surface area contributed by atoms with E-state index >= 15 is 0 Å². The average Bonchev–Trinajstić information content (AvgIpc) is 2.47. The zero-order valence-corrected chi connectivity index (χ0v) is 9.78. The molecule has 1 rings (SSSR count). The zero-order valence-electron chi connectivity index (χ0n) is 9.78. The smallest absolute Gasteiger partial charge is 0.325 e. The molecule has 1 saturated heterocycles. The predicted molar refractivity (Wildman–Crippen MR) is 58.9 cm³/mol. The average molecular weight is 226 g/mol. The molecule has 5 nitrogen and oxygen atoms in total. The summed E-state index contributed by atoms with van der Waals surface area (Å²) >= 11 is 0. The molecule has 16 heavy (non-hydrogen) atoms. The number of hydrogen-bond acceptors (Lipinski definition) is 3. The number of amides is 3. The van der Waals surface area contributed by atoms with Gasteiger partial charge in [-0.1, -0.05) is 20.3 Å². The van der Waals surface area contributed by atoms with Crippen molar-refractivity contribution in [3.8, 4) is 0 Å². The first kappa shape index (κ1) is 12.7. The Morgan fingerprint density at radius 2 is 2.00 bits per heavy atom. The van der Waals surface area contributed by atoms with Gasteiger partial charge in [-0.05, 0) is 12.8 Å². The molecule has 0 aromatic heterocycles. The number of hydrogen-bond donors (Lipinski definition) is 1. The van der Waals surface area contributed by atoms with Gasteiger partial charge in [-0.2, -0.15) is 0 Å². The van der Waals surface area contributed by atoms with Crippen LogP contribution in [0.5, 0.6) is 0 Å². The molecule has 0 radical (unpaired) electrons. The maximum atomic E-state index is 11.7. The van der Waals surface area contributed by atoms with Gasteiger partial charge in [0.15, 0.2) is 5.78 Å². The molecule has 0 aromatic carbocycles. The highest BCUT2D eigenvalue weighted by Gasteiger charge is 2.37. The van der Waals surface area contributed by atoms with E-state index in [0.29, 0.717) is 12.8 Å². The lowest BCUT2D eigenvalue weighted by Crippen LogP contribution is -2.36. The molecule has 1 aliphatic heterocycles. The van der Waals surface area contributed by atoms with Crippen molar-refractivity contribution in [3.63, 3.8) is 0 Å². The molecule has 1 unspecified atom stereocenters. The third-order valence-corrected chi connectivity index (χ3v) is 2.55. The van der Waals surface area contributed by atoms with Crippen LogP contribution in [0.3, 0.4) is 0 Å². The summed E-state index contributed by atoms with van der Waals surface area (Å²) in [5.74, 6) is -0.334. The van der Waals surface area contributed by atoms with Crippen molar-refractivity contribution < 1.29 is 14.4 Å². The van der Waals surface area contributed by atoms with Crippen molar-refractivity contribution in [2.75, 3.05) is 6.54 Å². The summed E-state index contributed by atoms with van der Waals surface area (Å²) in [5, 5.41) is 2.59. The number of nitrogens with one attached hydrogen (secondary N) is 1. The molecule has 5 heteroatoms. The Kier molecular flexibility index (Phi) is 4.46. The normalized spacial score (nSPS) is 20.1. The van der Waals surface area contributed by atoms with Gasteiger partial charge in [0.2, 0.25) is 0 Å².